The Morgan fingerprint density at radius 1 is 0.267 bits per heavy atom. The molecule has 45 heavy (non-hydrogen) atoms. The van der Waals surface area contributed by atoms with Crippen molar-refractivity contribution in [3.05, 3.63) is 190 Å². The number of ether oxygens (including phenoxy) is 1. The molecule has 0 bridgehead atoms. The highest BCUT2D eigenvalue weighted by Gasteiger charge is 1.97. The van der Waals surface area contributed by atoms with Crippen molar-refractivity contribution < 1.29 is 4.74 Å². The molecular weight excluding hydrogens is 544 g/mol. The van der Waals surface area contributed by atoms with Gasteiger partial charge in [0.25, 0.3) is 0 Å². The summed E-state index contributed by atoms with van der Waals surface area (Å²) in [6, 6.07) is 50.3. The fraction of sp³-hybridized carbons (Fsp3) is 0.182. The molecule has 0 spiro atoms. The van der Waals surface area contributed by atoms with Gasteiger partial charge in [0.05, 0.1) is 0 Å². The van der Waals surface area contributed by atoms with Crippen LogP contribution >= 0.6 is 0 Å². The van der Waals surface area contributed by atoms with E-state index in [-0.39, 0.29) is 0 Å². The average Bonchev–Trinajstić information content (AvgIpc) is 3.03. The fourth-order valence-corrected chi connectivity index (χ4v) is 4.28. The minimum Gasteiger partial charge on any atom is -0.457 e. The van der Waals surface area contributed by atoms with Gasteiger partial charge in [-0.15, -0.1) is 0 Å². The summed E-state index contributed by atoms with van der Waals surface area (Å²) in [7, 11) is 0. The minimum atomic E-state index is 0.879. The third-order valence-electron chi connectivity index (χ3n) is 7.11. The first-order valence-electron chi connectivity index (χ1n) is 15.6. The van der Waals surface area contributed by atoms with Crippen LogP contribution in [0.15, 0.2) is 146 Å². The molecule has 0 aliphatic rings. The van der Waals surface area contributed by atoms with E-state index in [0.717, 1.165) is 11.5 Å². The second kappa shape index (κ2) is 18.0. The first-order valence-corrected chi connectivity index (χ1v) is 15.6. The average molecular weight is 593 g/mol. The topological polar surface area (TPSA) is 9.23 Å². The first kappa shape index (κ1) is 34.6. The summed E-state index contributed by atoms with van der Waals surface area (Å²) < 4.78 is 5.69. The lowest BCUT2D eigenvalue weighted by molar-refractivity contribution is 0.482. The van der Waals surface area contributed by atoms with E-state index in [4.69, 9.17) is 4.74 Å². The van der Waals surface area contributed by atoms with Crippen molar-refractivity contribution in [2.24, 2.45) is 0 Å². The minimum absolute atomic E-state index is 0.879. The molecule has 0 aliphatic carbocycles. The molecule has 6 aromatic carbocycles. The predicted molar refractivity (Wildman–Crippen MR) is 196 cm³/mol. The molecule has 230 valence electrons. The van der Waals surface area contributed by atoms with Gasteiger partial charge in [0.1, 0.15) is 11.5 Å². The molecule has 0 aliphatic heterocycles. The highest BCUT2D eigenvalue weighted by molar-refractivity contribution is 5.63. The van der Waals surface area contributed by atoms with E-state index in [2.05, 4.69) is 152 Å². The van der Waals surface area contributed by atoms with Gasteiger partial charge in [0, 0.05) is 0 Å². The Morgan fingerprint density at radius 2 is 0.511 bits per heavy atom. The Balaban J connectivity index is 0.000000170. The smallest absolute Gasteiger partial charge is 0.127 e. The van der Waals surface area contributed by atoms with E-state index in [1.807, 2.05) is 48.5 Å². The Labute approximate surface area is 272 Å². The Morgan fingerprint density at radius 3 is 0.756 bits per heavy atom. The molecule has 0 radical (unpaired) electrons. The van der Waals surface area contributed by atoms with Crippen molar-refractivity contribution in [3.63, 3.8) is 0 Å². The number of hydrogen-bond donors (Lipinski definition) is 0. The van der Waals surface area contributed by atoms with Crippen LogP contribution in [0.2, 0.25) is 0 Å². The van der Waals surface area contributed by atoms with Gasteiger partial charge in [-0.1, -0.05) is 166 Å². The van der Waals surface area contributed by atoms with Gasteiger partial charge >= 0.3 is 0 Å². The lowest BCUT2D eigenvalue weighted by Crippen LogP contribution is -1.84. The number of hydrogen-bond acceptors (Lipinski definition) is 1. The molecule has 1 heteroatoms. The monoisotopic (exact) mass is 592 g/mol. The summed E-state index contributed by atoms with van der Waals surface area (Å²) in [6.07, 6.45) is 0. The first-order chi connectivity index (χ1) is 21.6. The zero-order valence-electron chi connectivity index (χ0n) is 28.3. The van der Waals surface area contributed by atoms with Gasteiger partial charge in [-0.05, 0) is 90.8 Å². The van der Waals surface area contributed by atoms with E-state index >= 15 is 0 Å². The summed E-state index contributed by atoms with van der Waals surface area (Å²) in [5.41, 5.74) is 13.0. The maximum Gasteiger partial charge on any atom is 0.127 e. The molecule has 0 aromatic heterocycles. The van der Waals surface area contributed by atoms with Gasteiger partial charge in [0.2, 0.25) is 0 Å². The summed E-state index contributed by atoms with van der Waals surface area (Å²) in [4.78, 5) is 0. The summed E-state index contributed by atoms with van der Waals surface area (Å²) in [5.74, 6) is 1.76. The van der Waals surface area contributed by atoms with Crippen molar-refractivity contribution in [2.45, 2.75) is 55.4 Å². The molecule has 0 unspecified atom stereocenters. The number of rotatable bonds is 3. The van der Waals surface area contributed by atoms with E-state index < -0.39 is 0 Å². The molecule has 0 N–H and O–H groups in total. The van der Waals surface area contributed by atoms with Gasteiger partial charge in [-0.2, -0.15) is 0 Å². The van der Waals surface area contributed by atoms with Crippen LogP contribution in [-0.2, 0) is 0 Å². The highest BCUT2D eigenvalue weighted by Crippen LogP contribution is 2.22. The molecule has 0 amide bonds. The van der Waals surface area contributed by atoms with Crippen molar-refractivity contribution in [1.82, 2.24) is 0 Å². The largest absolute Gasteiger partial charge is 0.457 e. The van der Waals surface area contributed by atoms with Crippen LogP contribution in [0.1, 0.15) is 44.5 Å². The quantitative estimate of drug-likeness (QED) is 0.199. The van der Waals surface area contributed by atoms with Crippen LogP contribution in [0.5, 0.6) is 11.5 Å². The Kier molecular flexibility index (Phi) is 13.9. The third-order valence-corrected chi connectivity index (χ3v) is 7.11. The summed E-state index contributed by atoms with van der Waals surface area (Å²) >= 11 is 0. The predicted octanol–water partition coefficient (Wildman–Crippen LogP) is 12.7. The molecule has 0 saturated heterocycles. The molecule has 0 atom stereocenters. The molecule has 6 rings (SSSR count). The molecule has 6 aromatic rings. The highest BCUT2D eigenvalue weighted by atomic mass is 16.5. The maximum absolute atomic E-state index is 5.69. The molecule has 0 saturated carbocycles. The van der Waals surface area contributed by atoms with Crippen LogP contribution in [0.3, 0.4) is 0 Å². The zero-order chi connectivity index (χ0) is 32.6. The molecule has 1 nitrogen and oxygen atoms in total. The van der Waals surface area contributed by atoms with Crippen LogP contribution < -0.4 is 4.74 Å². The van der Waals surface area contributed by atoms with Crippen LogP contribution in [0.25, 0.3) is 11.1 Å². The molecule has 0 heterocycles. The normalized spacial score (nSPS) is 9.78. The van der Waals surface area contributed by atoms with Crippen molar-refractivity contribution in [3.8, 4) is 22.6 Å². The maximum atomic E-state index is 5.69. The second-order valence-corrected chi connectivity index (χ2v) is 11.8. The SMILES string of the molecule is Cc1ccc(-c2ccc(C)cc2)cc1.Cc1ccc(C)cc1.Cc1ccc(Oc2ccc(C)cc2)cc1.Cc1cccc(C)c1. The molecule has 0 fully saturated rings. The summed E-state index contributed by atoms with van der Waals surface area (Å²) in [5, 5.41) is 0. The van der Waals surface area contributed by atoms with E-state index in [0.29, 0.717) is 0 Å². The van der Waals surface area contributed by atoms with E-state index in [1.54, 1.807) is 0 Å². The van der Waals surface area contributed by atoms with Crippen LogP contribution in [0, 0.1) is 55.4 Å². The third kappa shape index (κ3) is 13.5. The number of aryl methyl sites for hydroxylation is 8. The van der Waals surface area contributed by atoms with E-state index in [1.165, 1.54) is 55.6 Å². The van der Waals surface area contributed by atoms with Gasteiger partial charge in [-0.3, -0.25) is 0 Å². The van der Waals surface area contributed by atoms with Gasteiger partial charge in [0.15, 0.2) is 0 Å². The number of benzene rings is 6. The lowest BCUT2D eigenvalue weighted by atomic mass is 10.0. The van der Waals surface area contributed by atoms with Crippen molar-refractivity contribution in [2.75, 3.05) is 0 Å². The van der Waals surface area contributed by atoms with E-state index in [9.17, 15) is 0 Å². The standard InChI is InChI=1S/C14H14O.C14H14.2C8H10/c1-11-3-7-13(8-4-11)15-14-9-5-12(2)6-10-14;1-11-3-7-13(8-4-11)14-9-5-12(2)6-10-14;1-7-3-5-8(2)6-4-7;1-7-4-3-5-8(2)6-7/h3-10H,1-2H3;3-10H,1-2H3;2*3-6H,1-2H3. The Bertz CT molecular complexity index is 1550. The lowest BCUT2D eigenvalue weighted by Gasteiger charge is -2.05. The van der Waals surface area contributed by atoms with Crippen molar-refractivity contribution >= 4 is 0 Å². The second-order valence-electron chi connectivity index (χ2n) is 11.8. The Hall–Kier alpha value is -4.88. The van der Waals surface area contributed by atoms with Crippen LogP contribution in [-0.4, -0.2) is 0 Å². The fourth-order valence-electron chi connectivity index (χ4n) is 4.28. The zero-order valence-corrected chi connectivity index (χ0v) is 28.3. The van der Waals surface area contributed by atoms with Crippen molar-refractivity contribution in [1.29, 1.82) is 0 Å². The van der Waals surface area contributed by atoms with Gasteiger partial charge < -0.3 is 4.74 Å². The molecular formula is C44H48O. The summed E-state index contributed by atoms with van der Waals surface area (Å²) in [6.45, 7) is 16.8. The van der Waals surface area contributed by atoms with Gasteiger partial charge in [-0.25, -0.2) is 0 Å². The van der Waals surface area contributed by atoms with Crippen LogP contribution in [0.4, 0.5) is 0 Å².